The van der Waals surface area contributed by atoms with E-state index in [-0.39, 0.29) is 0 Å². The Kier molecular flexibility index (Phi) is 3.74. The third kappa shape index (κ3) is 2.82. The van der Waals surface area contributed by atoms with Crippen molar-refractivity contribution in [2.24, 2.45) is 0 Å². The maximum absolute atomic E-state index is 5.28. The summed E-state index contributed by atoms with van der Waals surface area (Å²) in [7, 11) is 0. The number of rotatable bonds is 4. The Labute approximate surface area is 132 Å². The molecule has 0 aliphatic carbocycles. The predicted molar refractivity (Wildman–Crippen MR) is 85.4 cm³/mol. The van der Waals surface area contributed by atoms with E-state index < -0.39 is 0 Å². The second-order valence-electron chi connectivity index (χ2n) is 5.44. The highest BCUT2D eigenvalue weighted by Gasteiger charge is 2.16. The average molecular weight is 315 g/mol. The van der Waals surface area contributed by atoms with Gasteiger partial charge in [-0.3, -0.25) is 4.90 Å². The summed E-state index contributed by atoms with van der Waals surface area (Å²) >= 11 is 1.53. The minimum Gasteiger partial charge on any atom is -0.465 e. The lowest BCUT2D eigenvalue weighted by molar-refractivity contribution is 0.214. The first kappa shape index (κ1) is 13.7. The number of piperidine rings is 1. The molecule has 0 amide bonds. The molecule has 3 aromatic heterocycles. The lowest BCUT2D eigenvalue weighted by Gasteiger charge is -2.25. The zero-order chi connectivity index (χ0) is 14.8. The van der Waals surface area contributed by atoms with E-state index in [0.717, 1.165) is 41.2 Å². The van der Waals surface area contributed by atoms with Gasteiger partial charge in [0.25, 0.3) is 0 Å². The fourth-order valence-electron chi connectivity index (χ4n) is 2.70. The fourth-order valence-corrected chi connectivity index (χ4v) is 3.46. The van der Waals surface area contributed by atoms with Crippen molar-refractivity contribution in [1.29, 1.82) is 0 Å². The molecule has 1 aliphatic heterocycles. The first-order valence-corrected chi connectivity index (χ1v) is 8.35. The van der Waals surface area contributed by atoms with Crippen LogP contribution < -0.4 is 0 Å². The lowest BCUT2D eigenvalue weighted by atomic mass is 10.1. The third-order valence-corrected chi connectivity index (χ3v) is 4.68. The highest BCUT2D eigenvalue weighted by molar-refractivity contribution is 7.17. The van der Waals surface area contributed by atoms with E-state index in [0.29, 0.717) is 0 Å². The van der Waals surface area contributed by atoms with Crippen LogP contribution in [0.4, 0.5) is 0 Å². The number of hydrogen-bond donors (Lipinski definition) is 0. The zero-order valence-corrected chi connectivity index (χ0v) is 13.0. The molecule has 0 aromatic carbocycles. The van der Waals surface area contributed by atoms with Gasteiger partial charge in [-0.05, 0) is 50.2 Å². The molecule has 22 heavy (non-hydrogen) atoms. The first-order valence-electron chi connectivity index (χ1n) is 7.53. The van der Waals surface area contributed by atoms with Crippen LogP contribution in [0.25, 0.3) is 17.1 Å². The second kappa shape index (κ2) is 6.02. The smallest absolute Gasteiger partial charge is 0.235 e. The number of fused-ring (bicyclic) bond motifs is 1. The molecule has 1 fully saturated rings. The monoisotopic (exact) mass is 315 g/mol. The summed E-state index contributed by atoms with van der Waals surface area (Å²) in [6, 6.07) is 3.79. The van der Waals surface area contributed by atoms with Gasteiger partial charge in [0.05, 0.1) is 12.8 Å². The molecule has 3 aromatic rings. The molecule has 6 nitrogen and oxygen atoms in total. The van der Waals surface area contributed by atoms with Crippen LogP contribution in [0.2, 0.25) is 0 Å². The summed E-state index contributed by atoms with van der Waals surface area (Å²) in [5, 5.41) is 14.0. The topological polar surface area (TPSA) is 59.5 Å². The van der Waals surface area contributed by atoms with Gasteiger partial charge in [-0.25, -0.2) is 0 Å². The lowest BCUT2D eigenvalue weighted by Crippen LogP contribution is -2.30. The van der Waals surface area contributed by atoms with Crippen LogP contribution in [0.3, 0.4) is 0 Å². The molecule has 0 spiro atoms. The quantitative estimate of drug-likeness (QED) is 0.741. The van der Waals surface area contributed by atoms with Crippen molar-refractivity contribution in [3.63, 3.8) is 0 Å². The molecule has 1 saturated heterocycles. The molecular formula is C15H17N5OS. The number of likely N-dealkylation sites (tertiary alicyclic amines) is 1. The molecule has 0 radical (unpaired) electrons. The normalized spacial score (nSPS) is 16.9. The van der Waals surface area contributed by atoms with E-state index in [4.69, 9.17) is 4.42 Å². The molecule has 4 heterocycles. The number of aromatic nitrogens is 4. The standard InChI is InChI=1S/C15H17N5OS/c1-2-8-19(9-3-1)11-13-16-17-15-20(13)18-14(22-15)7-6-12-5-4-10-21-12/h4-7,10H,1-3,8-9,11H2/b7-6+. The third-order valence-electron chi connectivity index (χ3n) is 3.82. The van der Waals surface area contributed by atoms with Crippen LogP contribution >= 0.6 is 11.3 Å². The Hall–Kier alpha value is -1.99. The first-order chi connectivity index (χ1) is 10.9. The number of nitrogens with zero attached hydrogens (tertiary/aromatic N) is 5. The average Bonchev–Trinajstić information content (AvgIpc) is 3.25. The molecule has 4 rings (SSSR count). The summed E-state index contributed by atoms with van der Waals surface area (Å²) in [6.45, 7) is 3.11. The number of hydrogen-bond acceptors (Lipinski definition) is 6. The van der Waals surface area contributed by atoms with Crippen LogP contribution in [0.15, 0.2) is 22.8 Å². The largest absolute Gasteiger partial charge is 0.465 e. The van der Waals surface area contributed by atoms with Gasteiger partial charge in [0, 0.05) is 0 Å². The van der Waals surface area contributed by atoms with E-state index in [9.17, 15) is 0 Å². The van der Waals surface area contributed by atoms with Gasteiger partial charge in [0.1, 0.15) is 10.8 Å². The summed E-state index contributed by atoms with van der Waals surface area (Å²) in [5.74, 6) is 1.74. The maximum Gasteiger partial charge on any atom is 0.235 e. The van der Waals surface area contributed by atoms with Crippen LogP contribution in [0, 0.1) is 0 Å². The van der Waals surface area contributed by atoms with E-state index in [1.54, 1.807) is 6.26 Å². The minimum atomic E-state index is 0.819. The molecule has 0 saturated carbocycles. The van der Waals surface area contributed by atoms with Crippen molar-refractivity contribution in [2.75, 3.05) is 13.1 Å². The van der Waals surface area contributed by atoms with Gasteiger partial charge in [-0.15, -0.1) is 10.2 Å². The fraction of sp³-hybridized carbons (Fsp3) is 0.400. The summed E-state index contributed by atoms with van der Waals surface area (Å²) in [4.78, 5) is 3.27. The summed E-state index contributed by atoms with van der Waals surface area (Å²) in [6.07, 6.45) is 9.41. The SMILES string of the molecule is C(=C\c1nn2c(CN3CCCCC3)nnc2s1)/c1ccco1. The Bertz CT molecular complexity index is 767. The van der Waals surface area contributed by atoms with Gasteiger partial charge in [-0.1, -0.05) is 17.8 Å². The Morgan fingerprint density at radius 3 is 2.91 bits per heavy atom. The molecular weight excluding hydrogens is 298 g/mol. The predicted octanol–water partition coefficient (Wildman–Crippen LogP) is 2.94. The van der Waals surface area contributed by atoms with Crippen LogP contribution in [-0.4, -0.2) is 37.8 Å². The van der Waals surface area contributed by atoms with Crippen LogP contribution in [0.5, 0.6) is 0 Å². The van der Waals surface area contributed by atoms with Gasteiger partial charge < -0.3 is 4.42 Å². The molecule has 0 unspecified atom stereocenters. The van der Waals surface area contributed by atoms with Gasteiger partial charge >= 0.3 is 0 Å². The van der Waals surface area contributed by atoms with Crippen molar-refractivity contribution < 1.29 is 4.42 Å². The summed E-state index contributed by atoms with van der Waals surface area (Å²) in [5.41, 5.74) is 0. The number of furan rings is 1. The summed E-state index contributed by atoms with van der Waals surface area (Å²) < 4.78 is 7.15. The Morgan fingerprint density at radius 1 is 1.18 bits per heavy atom. The molecule has 0 atom stereocenters. The highest BCUT2D eigenvalue weighted by atomic mass is 32.1. The highest BCUT2D eigenvalue weighted by Crippen LogP contribution is 2.18. The maximum atomic E-state index is 5.28. The molecule has 1 aliphatic rings. The Balaban J connectivity index is 1.53. The van der Waals surface area contributed by atoms with Crippen molar-refractivity contribution in [1.82, 2.24) is 24.7 Å². The second-order valence-corrected chi connectivity index (χ2v) is 6.42. The molecule has 114 valence electrons. The van der Waals surface area contributed by atoms with Gasteiger partial charge in [0.2, 0.25) is 4.96 Å². The minimum absolute atomic E-state index is 0.819. The molecule has 0 bridgehead atoms. The van der Waals surface area contributed by atoms with Crippen LogP contribution in [-0.2, 0) is 6.54 Å². The van der Waals surface area contributed by atoms with Crippen molar-refractivity contribution >= 4 is 28.4 Å². The molecule has 7 heteroatoms. The Morgan fingerprint density at radius 2 is 2.09 bits per heavy atom. The van der Waals surface area contributed by atoms with Crippen molar-refractivity contribution in [2.45, 2.75) is 25.8 Å². The van der Waals surface area contributed by atoms with E-state index in [2.05, 4.69) is 20.2 Å². The van der Waals surface area contributed by atoms with Crippen LogP contribution in [0.1, 0.15) is 35.9 Å². The van der Waals surface area contributed by atoms with E-state index in [1.807, 2.05) is 28.8 Å². The van der Waals surface area contributed by atoms with E-state index >= 15 is 0 Å². The van der Waals surface area contributed by atoms with E-state index in [1.165, 1.54) is 30.6 Å². The zero-order valence-electron chi connectivity index (χ0n) is 12.2. The van der Waals surface area contributed by atoms with Crippen molar-refractivity contribution in [3.8, 4) is 0 Å². The van der Waals surface area contributed by atoms with Gasteiger partial charge in [-0.2, -0.15) is 9.61 Å². The van der Waals surface area contributed by atoms with Crippen molar-refractivity contribution in [3.05, 3.63) is 35.0 Å². The van der Waals surface area contributed by atoms with Gasteiger partial charge in [0.15, 0.2) is 5.82 Å². The molecule has 0 N–H and O–H groups in total.